The van der Waals surface area contributed by atoms with Gasteiger partial charge in [-0.05, 0) is 116 Å². The van der Waals surface area contributed by atoms with E-state index in [-0.39, 0.29) is 99.2 Å². The van der Waals surface area contributed by atoms with Crippen LogP contribution in [0.4, 0.5) is 40.1 Å². The van der Waals surface area contributed by atoms with Crippen LogP contribution < -0.4 is 37.2 Å². The number of aromatic nitrogens is 4. The molecule has 472 valence electrons. The van der Waals surface area contributed by atoms with Crippen LogP contribution in [0.25, 0.3) is 0 Å². The van der Waals surface area contributed by atoms with Gasteiger partial charge < -0.3 is 51.3 Å². The van der Waals surface area contributed by atoms with Crippen molar-refractivity contribution in [1.82, 2.24) is 50.4 Å². The molecule has 2 aromatic carbocycles. The van der Waals surface area contributed by atoms with Gasteiger partial charge in [0, 0.05) is 81.9 Å². The molecular weight excluding hydrogens is 1150 g/mol. The molecule has 0 spiro atoms. The number of primary amides is 1. The van der Waals surface area contributed by atoms with Crippen LogP contribution in [-0.4, -0.2) is 153 Å². The first-order valence-electron chi connectivity index (χ1n) is 29.3. The lowest BCUT2D eigenvalue weighted by molar-refractivity contribution is -0.138. The average molecular weight is 1230 g/mol. The number of halogens is 3. The largest absolute Gasteiger partial charge is 0.445 e. The minimum atomic E-state index is -4.76. The second-order valence-corrected chi connectivity index (χ2v) is 23.3. The number of carbonyl (C=O) groups is 9. The summed E-state index contributed by atoms with van der Waals surface area (Å²) in [6.45, 7) is 6.80. The number of likely N-dealkylation sites (N-methyl/N-ethyl adjacent to an activating group) is 1. The van der Waals surface area contributed by atoms with Crippen LogP contribution in [0.2, 0.25) is 0 Å². The van der Waals surface area contributed by atoms with Crippen molar-refractivity contribution < 1.29 is 65.8 Å². The summed E-state index contributed by atoms with van der Waals surface area (Å²) in [7, 11) is 3.11. The Balaban J connectivity index is 0.880. The standard InChI is InChI=1S/C60H75F3N14O11/c1-36(2)53(71-49(78)13-7-6-8-22-76-51(80)18-19-52(76)81)55(83)68-45(12-9-20-65-57(64)85)54(82)67-41-16-14-38(15-17-41)32-88-58(86)73(4)31-50(79)70-46-25-40(59(33-87-34-59)27-48-72-66-35-74(48)5)26-47(69-46)77-30-43-42(56(77)84)23-39(24-44(43)60(61,62)63)29-75-21-10-11-37(3)28-75/h14-19,23-26,35-37,45,53H,6-13,20-22,27-34H2,1-5H3,(H,67,82)(H,68,83)(H,71,78)(H3,64,65,85)(H,69,70,79)/t37-,45-,53-/m0/s1. The van der Waals surface area contributed by atoms with E-state index in [1.165, 1.54) is 30.2 Å². The molecule has 0 aliphatic carbocycles. The first kappa shape index (κ1) is 65.2. The fourth-order valence-electron chi connectivity index (χ4n) is 11.0. The third-order valence-corrected chi connectivity index (χ3v) is 15.9. The van der Waals surface area contributed by atoms with E-state index in [1.54, 1.807) is 68.2 Å². The lowest BCUT2D eigenvalue weighted by Crippen LogP contribution is -2.54. The summed E-state index contributed by atoms with van der Waals surface area (Å²) in [5.74, 6) is -3.22. The molecule has 2 aromatic heterocycles. The zero-order valence-electron chi connectivity index (χ0n) is 49.9. The van der Waals surface area contributed by atoms with Crippen molar-refractivity contribution in [3.05, 3.63) is 106 Å². The zero-order chi connectivity index (χ0) is 63.5. The van der Waals surface area contributed by atoms with Crippen molar-refractivity contribution in [2.45, 2.75) is 122 Å². The number of likely N-dealkylation sites (tertiary alicyclic amines) is 1. The Morgan fingerprint density at radius 2 is 1.65 bits per heavy atom. The van der Waals surface area contributed by atoms with Gasteiger partial charge in [0.25, 0.3) is 17.7 Å². The molecule has 2 fully saturated rings. The van der Waals surface area contributed by atoms with E-state index in [4.69, 9.17) is 15.2 Å². The number of nitrogens with two attached hydrogens (primary N) is 1. The molecule has 88 heavy (non-hydrogen) atoms. The number of urea groups is 1. The first-order valence-corrected chi connectivity index (χ1v) is 29.3. The van der Waals surface area contributed by atoms with Crippen LogP contribution in [-0.2, 0) is 83.0 Å². The van der Waals surface area contributed by atoms with Gasteiger partial charge in [-0.1, -0.05) is 39.3 Å². The molecule has 6 heterocycles. The highest BCUT2D eigenvalue weighted by molar-refractivity contribution is 6.13. The van der Waals surface area contributed by atoms with Gasteiger partial charge in [0.05, 0.1) is 25.3 Å². The number of nitrogens with zero attached hydrogens (tertiary/aromatic N) is 8. The molecule has 3 atom stereocenters. The van der Waals surface area contributed by atoms with E-state index in [1.807, 2.05) is 0 Å². The number of amides is 10. The smallest absolute Gasteiger partial charge is 0.416 e. The Kier molecular flexibility index (Phi) is 21.3. The van der Waals surface area contributed by atoms with E-state index >= 15 is 0 Å². The number of ether oxygens (including phenoxy) is 2. The monoisotopic (exact) mass is 1220 g/mol. The highest BCUT2D eigenvalue weighted by Gasteiger charge is 2.45. The summed E-state index contributed by atoms with van der Waals surface area (Å²) in [6.07, 6.45) is 2.45. The summed E-state index contributed by atoms with van der Waals surface area (Å²) >= 11 is 0. The number of piperidine rings is 1. The summed E-state index contributed by atoms with van der Waals surface area (Å²) in [4.78, 5) is 127. The van der Waals surface area contributed by atoms with Crippen molar-refractivity contribution >= 4 is 70.8 Å². The fourth-order valence-corrected chi connectivity index (χ4v) is 11.0. The molecule has 10 amide bonds. The summed E-state index contributed by atoms with van der Waals surface area (Å²) < 4.78 is 57.6. The second kappa shape index (κ2) is 28.8. The molecule has 2 saturated heterocycles. The fraction of sp³-hybridized carbons (Fsp3) is 0.500. The van der Waals surface area contributed by atoms with Gasteiger partial charge >= 0.3 is 18.3 Å². The third kappa shape index (κ3) is 16.8. The molecule has 28 heteroatoms. The van der Waals surface area contributed by atoms with Crippen molar-refractivity contribution in [2.75, 3.05) is 68.5 Å². The molecular formula is C60H75F3N14O11. The number of anilines is 3. The van der Waals surface area contributed by atoms with E-state index in [0.717, 1.165) is 41.8 Å². The normalized spacial score (nSPS) is 17.1. The number of hydrogen-bond acceptors (Lipinski definition) is 15. The van der Waals surface area contributed by atoms with E-state index in [0.29, 0.717) is 59.8 Å². The average Bonchev–Trinajstić information content (AvgIpc) is 3.10. The quantitative estimate of drug-likeness (QED) is 0.0344. The van der Waals surface area contributed by atoms with Crippen molar-refractivity contribution in [3.63, 3.8) is 0 Å². The molecule has 7 N–H and O–H groups in total. The molecule has 4 aromatic rings. The number of rotatable bonds is 27. The maximum atomic E-state index is 14.9. The maximum absolute atomic E-state index is 14.9. The number of imide groups is 1. The minimum Gasteiger partial charge on any atom is -0.445 e. The van der Waals surface area contributed by atoms with Gasteiger partial charge in [-0.15, -0.1) is 10.2 Å². The predicted molar refractivity (Wildman–Crippen MR) is 313 cm³/mol. The molecule has 8 rings (SSSR count). The van der Waals surface area contributed by atoms with Gasteiger partial charge in [-0.3, -0.25) is 48.3 Å². The zero-order valence-corrected chi connectivity index (χ0v) is 49.9. The van der Waals surface area contributed by atoms with Crippen LogP contribution in [0, 0.1) is 11.8 Å². The van der Waals surface area contributed by atoms with Crippen LogP contribution in [0.15, 0.2) is 67.0 Å². The molecule has 0 saturated carbocycles. The number of aryl methyl sites for hydroxylation is 1. The van der Waals surface area contributed by atoms with Crippen LogP contribution in [0.5, 0.6) is 0 Å². The minimum absolute atomic E-state index is 0.0103. The number of fused-ring (bicyclic) bond motifs is 1. The predicted octanol–water partition coefficient (Wildman–Crippen LogP) is 4.84. The molecule has 0 unspecified atom stereocenters. The van der Waals surface area contributed by atoms with Crippen molar-refractivity contribution in [3.8, 4) is 0 Å². The summed E-state index contributed by atoms with van der Waals surface area (Å²) in [5, 5.41) is 21.7. The van der Waals surface area contributed by atoms with Crippen LogP contribution >= 0.6 is 0 Å². The third-order valence-electron chi connectivity index (χ3n) is 15.9. The molecule has 0 radical (unpaired) electrons. The van der Waals surface area contributed by atoms with Gasteiger partial charge in [0.15, 0.2) is 0 Å². The summed E-state index contributed by atoms with van der Waals surface area (Å²) in [5.41, 5.74) is 5.04. The highest BCUT2D eigenvalue weighted by Crippen LogP contribution is 2.42. The maximum Gasteiger partial charge on any atom is 0.416 e. The van der Waals surface area contributed by atoms with Gasteiger partial charge in [0.2, 0.25) is 23.6 Å². The lowest BCUT2D eigenvalue weighted by atomic mass is 9.75. The molecule has 0 bridgehead atoms. The van der Waals surface area contributed by atoms with E-state index in [2.05, 4.69) is 53.6 Å². The van der Waals surface area contributed by atoms with Gasteiger partial charge in [0.1, 0.15) is 49.0 Å². The number of benzene rings is 2. The van der Waals surface area contributed by atoms with Crippen molar-refractivity contribution in [1.29, 1.82) is 0 Å². The number of unbranched alkanes of at least 4 members (excludes halogenated alkanes) is 2. The van der Waals surface area contributed by atoms with E-state index < -0.39 is 84.0 Å². The Morgan fingerprint density at radius 1 is 0.909 bits per heavy atom. The highest BCUT2D eigenvalue weighted by atomic mass is 19.4. The Bertz CT molecular complexity index is 3280. The molecule has 25 nitrogen and oxygen atoms in total. The number of nitrogens with one attached hydrogen (secondary N) is 5. The first-order chi connectivity index (χ1) is 41.9. The second-order valence-electron chi connectivity index (χ2n) is 23.3. The molecule has 4 aliphatic heterocycles. The van der Waals surface area contributed by atoms with Gasteiger partial charge in [-0.25, -0.2) is 14.6 Å². The summed E-state index contributed by atoms with van der Waals surface area (Å²) in [6, 6.07) is 9.21. The Labute approximate surface area is 506 Å². The number of alkyl halides is 3. The van der Waals surface area contributed by atoms with E-state index in [9.17, 15) is 56.3 Å². The number of pyridine rings is 1. The topological polar surface area (TPSA) is 315 Å². The van der Waals surface area contributed by atoms with Crippen LogP contribution in [0.1, 0.15) is 116 Å². The number of hydrogen-bond donors (Lipinski definition) is 6. The van der Waals surface area contributed by atoms with Crippen molar-refractivity contribution in [2.24, 2.45) is 24.6 Å². The SMILES string of the molecule is CC(C)[C@H](NC(=O)CCCCCN1C(=O)C=CC1=O)C(=O)N[C@@H](CCCNC(N)=O)C(=O)Nc1ccc(COC(=O)N(C)CC(=O)Nc2cc(C3(Cc4nncn4C)COC3)cc(N3Cc4c(cc(CN5CCC[C@H](C)C5)cc4C(F)(F)F)C3=O)n2)cc1. The molecule has 4 aliphatic rings. The number of carbonyl (C=O) groups excluding carboxylic acids is 9. The van der Waals surface area contributed by atoms with Crippen LogP contribution in [0.3, 0.4) is 0 Å². The van der Waals surface area contributed by atoms with Gasteiger partial charge in [-0.2, -0.15) is 13.2 Å². The Hall–Kier alpha value is -8.79. The lowest BCUT2D eigenvalue weighted by Gasteiger charge is -2.42. The Morgan fingerprint density at radius 3 is 2.30 bits per heavy atom.